The van der Waals surface area contributed by atoms with Gasteiger partial charge in [0.25, 0.3) is 0 Å². The molecule has 88 valence electrons. The van der Waals surface area contributed by atoms with Crippen molar-refractivity contribution < 1.29 is 4.74 Å². The van der Waals surface area contributed by atoms with Crippen LogP contribution in [-0.2, 0) is 6.54 Å². The maximum absolute atomic E-state index is 6.05. The Hall–Kier alpha value is -1.58. The van der Waals surface area contributed by atoms with Crippen molar-refractivity contribution in [3.63, 3.8) is 0 Å². The summed E-state index contributed by atoms with van der Waals surface area (Å²) in [6.45, 7) is 2.42. The molecule has 0 saturated heterocycles. The van der Waals surface area contributed by atoms with Gasteiger partial charge in [-0.3, -0.25) is 4.98 Å². The maximum Gasteiger partial charge on any atom is 0.146 e. The average Bonchev–Trinajstić information content (AvgIpc) is 2.34. The first-order chi connectivity index (χ1) is 8.19. The number of ether oxygens (including phenoxy) is 1. The van der Waals surface area contributed by atoms with E-state index in [1.165, 1.54) is 0 Å². The van der Waals surface area contributed by atoms with Crippen molar-refractivity contribution in [2.45, 2.75) is 13.5 Å². The van der Waals surface area contributed by atoms with Crippen LogP contribution in [0.3, 0.4) is 0 Å². The van der Waals surface area contributed by atoms with Gasteiger partial charge in [0.15, 0.2) is 0 Å². The van der Waals surface area contributed by atoms with E-state index in [0.717, 1.165) is 11.1 Å². The highest BCUT2D eigenvalue weighted by Crippen LogP contribution is 2.29. The van der Waals surface area contributed by atoms with Gasteiger partial charge in [-0.1, -0.05) is 17.7 Å². The van der Waals surface area contributed by atoms with Crippen LogP contribution in [0, 0.1) is 6.92 Å². The first-order valence-corrected chi connectivity index (χ1v) is 5.65. The molecule has 0 atom stereocenters. The molecule has 0 unspecified atom stereocenters. The second-order valence-corrected chi connectivity index (χ2v) is 4.18. The molecule has 0 radical (unpaired) electrons. The molecule has 0 spiro atoms. The third-order valence-electron chi connectivity index (χ3n) is 2.32. The third kappa shape index (κ3) is 2.96. The summed E-state index contributed by atoms with van der Waals surface area (Å²) in [5.74, 6) is 1.27. The normalized spacial score (nSPS) is 10.3. The van der Waals surface area contributed by atoms with Crippen molar-refractivity contribution in [3.05, 3.63) is 52.8 Å². The summed E-state index contributed by atoms with van der Waals surface area (Å²) in [6, 6.07) is 7.49. The summed E-state index contributed by atoms with van der Waals surface area (Å²) in [4.78, 5) is 4.06. The lowest BCUT2D eigenvalue weighted by atomic mass is 10.2. The number of rotatable bonds is 3. The summed E-state index contributed by atoms with van der Waals surface area (Å²) >= 11 is 6.05. The zero-order chi connectivity index (χ0) is 12.3. The quantitative estimate of drug-likeness (QED) is 0.907. The molecule has 2 N–H and O–H groups in total. The lowest BCUT2D eigenvalue weighted by molar-refractivity contribution is 0.479. The molecule has 0 aliphatic carbocycles. The Morgan fingerprint density at radius 2 is 2.12 bits per heavy atom. The van der Waals surface area contributed by atoms with Crippen molar-refractivity contribution in [2.24, 2.45) is 5.73 Å². The Morgan fingerprint density at radius 3 is 2.88 bits per heavy atom. The molecule has 17 heavy (non-hydrogen) atoms. The molecule has 0 fully saturated rings. The molecular formula is C13H13ClN2O. The fourth-order valence-corrected chi connectivity index (χ4v) is 1.60. The summed E-state index contributed by atoms with van der Waals surface area (Å²) in [6.07, 6.45) is 3.35. The Labute approximate surface area is 105 Å². The first kappa shape index (κ1) is 11.9. The monoisotopic (exact) mass is 248 g/mol. The molecular weight excluding hydrogens is 236 g/mol. The van der Waals surface area contributed by atoms with Gasteiger partial charge in [0.2, 0.25) is 0 Å². The van der Waals surface area contributed by atoms with Crippen molar-refractivity contribution in [1.29, 1.82) is 0 Å². The minimum absolute atomic E-state index is 0.436. The number of hydrogen-bond acceptors (Lipinski definition) is 3. The van der Waals surface area contributed by atoms with E-state index in [1.807, 2.05) is 31.2 Å². The average molecular weight is 249 g/mol. The van der Waals surface area contributed by atoms with Crippen LogP contribution in [-0.4, -0.2) is 4.98 Å². The van der Waals surface area contributed by atoms with Gasteiger partial charge in [0, 0.05) is 12.7 Å². The summed E-state index contributed by atoms with van der Waals surface area (Å²) in [5, 5.41) is 0.578. The number of aromatic nitrogens is 1. The molecule has 2 aromatic rings. The van der Waals surface area contributed by atoms with Crippen molar-refractivity contribution in [1.82, 2.24) is 4.98 Å². The van der Waals surface area contributed by atoms with Crippen LogP contribution in [0.1, 0.15) is 11.1 Å². The number of nitrogens with two attached hydrogens (primary N) is 1. The number of hydrogen-bond donors (Lipinski definition) is 1. The molecule has 0 aliphatic rings. The fraction of sp³-hybridized carbons (Fsp3) is 0.154. The first-order valence-electron chi connectivity index (χ1n) is 5.27. The highest BCUT2D eigenvalue weighted by molar-refractivity contribution is 6.32. The predicted molar refractivity (Wildman–Crippen MR) is 68.4 cm³/mol. The molecule has 0 aliphatic heterocycles. The van der Waals surface area contributed by atoms with Gasteiger partial charge in [-0.05, 0) is 36.2 Å². The van der Waals surface area contributed by atoms with Gasteiger partial charge in [0.1, 0.15) is 11.5 Å². The zero-order valence-electron chi connectivity index (χ0n) is 9.48. The van der Waals surface area contributed by atoms with Crippen LogP contribution in [0.4, 0.5) is 0 Å². The second-order valence-electron chi connectivity index (χ2n) is 3.77. The number of nitrogens with zero attached hydrogens (tertiary/aromatic N) is 1. The number of pyridine rings is 1. The number of benzene rings is 1. The number of halogens is 1. The second kappa shape index (κ2) is 5.17. The van der Waals surface area contributed by atoms with Gasteiger partial charge < -0.3 is 10.5 Å². The molecule has 2 rings (SSSR count). The van der Waals surface area contributed by atoms with Crippen molar-refractivity contribution in [3.8, 4) is 11.5 Å². The summed E-state index contributed by atoms with van der Waals surface area (Å²) in [5.41, 5.74) is 7.56. The Kier molecular flexibility index (Phi) is 3.61. The lowest BCUT2D eigenvalue weighted by Gasteiger charge is -2.08. The van der Waals surface area contributed by atoms with Gasteiger partial charge in [0.05, 0.1) is 11.2 Å². The Bertz CT molecular complexity index is 529. The van der Waals surface area contributed by atoms with E-state index < -0.39 is 0 Å². The van der Waals surface area contributed by atoms with E-state index in [4.69, 9.17) is 22.1 Å². The van der Waals surface area contributed by atoms with E-state index in [-0.39, 0.29) is 0 Å². The van der Waals surface area contributed by atoms with Crippen LogP contribution in [0.25, 0.3) is 0 Å². The van der Waals surface area contributed by atoms with Crippen LogP contribution < -0.4 is 10.5 Å². The van der Waals surface area contributed by atoms with Gasteiger partial charge >= 0.3 is 0 Å². The van der Waals surface area contributed by atoms with Crippen LogP contribution in [0.5, 0.6) is 11.5 Å². The van der Waals surface area contributed by atoms with Crippen LogP contribution >= 0.6 is 11.6 Å². The minimum Gasteiger partial charge on any atom is -0.454 e. The van der Waals surface area contributed by atoms with Gasteiger partial charge in [-0.15, -0.1) is 0 Å². The number of aryl methyl sites for hydroxylation is 1. The zero-order valence-corrected chi connectivity index (χ0v) is 10.2. The maximum atomic E-state index is 6.05. The Morgan fingerprint density at radius 1 is 1.29 bits per heavy atom. The van der Waals surface area contributed by atoms with Crippen LogP contribution in [0.2, 0.25) is 5.02 Å². The van der Waals surface area contributed by atoms with E-state index in [2.05, 4.69) is 4.98 Å². The minimum atomic E-state index is 0.436. The van der Waals surface area contributed by atoms with E-state index in [9.17, 15) is 0 Å². The van der Waals surface area contributed by atoms with Crippen molar-refractivity contribution in [2.75, 3.05) is 0 Å². The largest absolute Gasteiger partial charge is 0.454 e. The van der Waals surface area contributed by atoms with Crippen LogP contribution in [0.15, 0.2) is 36.7 Å². The highest BCUT2D eigenvalue weighted by Gasteiger charge is 2.04. The third-order valence-corrected chi connectivity index (χ3v) is 2.63. The topological polar surface area (TPSA) is 48.1 Å². The molecule has 0 saturated carbocycles. The summed E-state index contributed by atoms with van der Waals surface area (Å²) in [7, 11) is 0. The smallest absolute Gasteiger partial charge is 0.146 e. The van der Waals surface area contributed by atoms with E-state index in [1.54, 1.807) is 12.4 Å². The molecule has 1 aromatic heterocycles. The molecule has 4 heteroatoms. The van der Waals surface area contributed by atoms with Crippen molar-refractivity contribution >= 4 is 11.6 Å². The molecule has 0 bridgehead atoms. The fourth-order valence-electron chi connectivity index (χ4n) is 1.45. The highest BCUT2D eigenvalue weighted by atomic mass is 35.5. The molecule has 3 nitrogen and oxygen atoms in total. The standard InChI is InChI=1S/C13H13ClN2O/c1-9-2-3-12(14)13(4-9)17-11-5-10(6-15)7-16-8-11/h2-5,7-8H,6,15H2,1H3. The van der Waals surface area contributed by atoms with Gasteiger partial charge in [-0.2, -0.15) is 0 Å². The molecule has 1 aromatic carbocycles. The Balaban J connectivity index is 2.27. The summed E-state index contributed by atoms with van der Waals surface area (Å²) < 4.78 is 5.68. The lowest BCUT2D eigenvalue weighted by Crippen LogP contribution is -1.97. The van der Waals surface area contributed by atoms with E-state index >= 15 is 0 Å². The predicted octanol–water partition coefficient (Wildman–Crippen LogP) is 3.29. The molecule has 1 heterocycles. The molecule has 0 amide bonds. The van der Waals surface area contributed by atoms with E-state index in [0.29, 0.717) is 23.1 Å². The SMILES string of the molecule is Cc1ccc(Cl)c(Oc2cncc(CN)c2)c1. The van der Waals surface area contributed by atoms with Gasteiger partial charge in [-0.25, -0.2) is 0 Å².